The van der Waals surface area contributed by atoms with E-state index in [2.05, 4.69) is 25.8 Å². The summed E-state index contributed by atoms with van der Waals surface area (Å²) < 4.78 is 5.58. The number of benzene rings is 1. The number of rotatable bonds is 8. The Morgan fingerprint density at radius 3 is 2.50 bits per heavy atom. The fraction of sp³-hybridized carbons (Fsp3) is 0.652. The lowest BCUT2D eigenvalue weighted by atomic mass is 9.80. The molecule has 1 aromatic rings. The normalized spacial score (nSPS) is 19.8. The number of nitrogens with one attached hydrogen (secondary N) is 3. The molecule has 1 amide bonds. The fourth-order valence-corrected chi connectivity index (χ4v) is 4.45. The number of carbonyl (C=O) groups excluding carboxylic acids is 1. The summed E-state index contributed by atoms with van der Waals surface area (Å²) in [5.41, 5.74) is 1.25. The van der Waals surface area contributed by atoms with E-state index in [1.165, 1.54) is 32.1 Å². The SMILES string of the molecule is CCNC(=NCC(=O)NCc1ccccc1)NCC1(N2CCOCC2)CCCCC1. The van der Waals surface area contributed by atoms with Crippen molar-refractivity contribution in [3.63, 3.8) is 0 Å². The quantitative estimate of drug-likeness (QED) is 0.446. The Kier molecular flexibility index (Phi) is 8.96. The van der Waals surface area contributed by atoms with Crippen LogP contribution >= 0.6 is 0 Å². The minimum Gasteiger partial charge on any atom is -0.379 e. The van der Waals surface area contributed by atoms with Crippen LogP contribution in [0.1, 0.15) is 44.6 Å². The molecule has 1 heterocycles. The Bertz CT molecular complexity index is 667. The molecule has 3 rings (SSSR count). The van der Waals surface area contributed by atoms with Crippen molar-refractivity contribution in [2.75, 3.05) is 45.9 Å². The van der Waals surface area contributed by atoms with E-state index in [1.807, 2.05) is 37.3 Å². The number of ether oxygens (including phenoxy) is 1. The zero-order chi connectivity index (χ0) is 21.1. The molecule has 7 nitrogen and oxygen atoms in total. The molecule has 1 saturated carbocycles. The second-order valence-corrected chi connectivity index (χ2v) is 8.20. The van der Waals surface area contributed by atoms with E-state index in [-0.39, 0.29) is 18.0 Å². The maximum absolute atomic E-state index is 12.2. The second-order valence-electron chi connectivity index (χ2n) is 8.20. The first-order valence-electron chi connectivity index (χ1n) is 11.4. The molecular formula is C23H37N5O2. The van der Waals surface area contributed by atoms with Gasteiger partial charge in [0, 0.05) is 38.3 Å². The van der Waals surface area contributed by atoms with Gasteiger partial charge in [0.2, 0.25) is 5.91 Å². The van der Waals surface area contributed by atoms with Crippen LogP contribution in [-0.4, -0.2) is 68.2 Å². The summed E-state index contributed by atoms with van der Waals surface area (Å²) in [5.74, 6) is 0.641. The standard InChI is InChI=1S/C23H37N5O2/c1-2-24-22(26-18-21(29)25-17-20-9-5-3-6-10-20)27-19-23(11-7-4-8-12-23)28-13-15-30-16-14-28/h3,5-6,9-10H,2,4,7-8,11-19H2,1H3,(H,25,29)(H2,24,26,27). The minimum atomic E-state index is -0.0726. The van der Waals surface area contributed by atoms with Crippen molar-refractivity contribution in [3.8, 4) is 0 Å². The predicted octanol–water partition coefficient (Wildman–Crippen LogP) is 1.89. The molecule has 0 atom stereocenters. The molecule has 0 unspecified atom stereocenters. The van der Waals surface area contributed by atoms with Gasteiger partial charge in [-0.1, -0.05) is 49.6 Å². The number of guanidine groups is 1. The van der Waals surface area contributed by atoms with E-state index < -0.39 is 0 Å². The molecule has 166 valence electrons. The third-order valence-corrected chi connectivity index (χ3v) is 6.11. The number of hydrogen-bond donors (Lipinski definition) is 3. The second kappa shape index (κ2) is 11.9. The fourth-order valence-electron chi connectivity index (χ4n) is 4.45. The van der Waals surface area contributed by atoms with Crippen LogP contribution in [0.3, 0.4) is 0 Å². The average molecular weight is 416 g/mol. The van der Waals surface area contributed by atoms with Gasteiger partial charge in [-0.2, -0.15) is 0 Å². The van der Waals surface area contributed by atoms with E-state index in [0.29, 0.717) is 12.5 Å². The smallest absolute Gasteiger partial charge is 0.242 e. The largest absolute Gasteiger partial charge is 0.379 e. The van der Waals surface area contributed by atoms with Crippen molar-refractivity contribution < 1.29 is 9.53 Å². The lowest BCUT2D eigenvalue weighted by molar-refractivity contribution is -0.119. The molecular weight excluding hydrogens is 378 g/mol. The lowest BCUT2D eigenvalue weighted by Crippen LogP contribution is -2.60. The highest BCUT2D eigenvalue weighted by molar-refractivity contribution is 5.84. The number of aliphatic imine (C=N–C) groups is 1. The molecule has 0 radical (unpaired) electrons. The van der Waals surface area contributed by atoms with Crippen molar-refractivity contribution in [1.29, 1.82) is 0 Å². The van der Waals surface area contributed by atoms with Crippen molar-refractivity contribution in [1.82, 2.24) is 20.9 Å². The van der Waals surface area contributed by atoms with E-state index >= 15 is 0 Å². The molecule has 1 aliphatic heterocycles. The maximum atomic E-state index is 12.2. The van der Waals surface area contributed by atoms with Gasteiger partial charge in [0.1, 0.15) is 6.54 Å². The van der Waals surface area contributed by atoms with Crippen LogP contribution in [0.2, 0.25) is 0 Å². The van der Waals surface area contributed by atoms with Crippen LogP contribution in [0.25, 0.3) is 0 Å². The third kappa shape index (κ3) is 6.71. The number of amides is 1. The van der Waals surface area contributed by atoms with Crippen molar-refractivity contribution in [2.45, 2.75) is 51.1 Å². The van der Waals surface area contributed by atoms with E-state index in [9.17, 15) is 4.79 Å². The van der Waals surface area contributed by atoms with Gasteiger partial charge in [-0.05, 0) is 25.3 Å². The van der Waals surface area contributed by atoms with Gasteiger partial charge in [0.25, 0.3) is 0 Å². The molecule has 0 bridgehead atoms. The van der Waals surface area contributed by atoms with E-state index in [1.54, 1.807) is 0 Å². The Balaban J connectivity index is 1.54. The monoisotopic (exact) mass is 415 g/mol. The first kappa shape index (κ1) is 22.6. The molecule has 1 saturated heterocycles. The molecule has 0 aromatic heterocycles. The van der Waals surface area contributed by atoms with Crippen LogP contribution in [0.4, 0.5) is 0 Å². The summed E-state index contributed by atoms with van der Waals surface area (Å²) in [6.07, 6.45) is 6.28. The van der Waals surface area contributed by atoms with Crippen molar-refractivity contribution in [2.24, 2.45) is 4.99 Å². The molecule has 1 aromatic carbocycles. The van der Waals surface area contributed by atoms with Gasteiger partial charge in [0.15, 0.2) is 5.96 Å². The summed E-state index contributed by atoms with van der Waals surface area (Å²) in [6.45, 7) is 7.94. The van der Waals surface area contributed by atoms with Gasteiger partial charge in [-0.3, -0.25) is 9.69 Å². The van der Waals surface area contributed by atoms with Gasteiger partial charge in [0.05, 0.1) is 13.2 Å². The van der Waals surface area contributed by atoms with Crippen LogP contribution in [-0.2, 0) is 16.1 Å². The summed E-state index contributed by atoms with van der Waals surface area (Å²) >= 11 is 0. The number of nitrogens with zero attached hydrogens (tertiary/aromatic N) is 2. The predicted molar refractivity (Wildman–Crippen MR) is 120 cm³/mol. The molecule has 2 fully saturated rings. The Hall–Kier alpha value is -2.12. The zero-order valence-corrected chi connectivity index (χ0v) is 18.3. The number of morpholine rings is 1. The zero-order valence-electron chi connectivity index (χ0n) is 18.3. The van der Waals surface area contributed by atoms with Gasteiger partial charge < -0.3 is 20.7 Å². The first-order chi connectivity index (χ1) is 14.7. The number of carbonyl (C=O) groups is 1. The van der Waals surface area contributed by atoms with Crippen LogP contribution in [0, 0.1) is 0 Å². The van der Waals surface area contributed by atoms with Crippen molar-refractivity contribution >= 4 is 11.9 Å². The topological polar surface area (TPSA) is 78.0 Å². The average Bonchev–Trinajstić information content (AvgIpc) is 2.81. The summed E-state index contributed by atoms with van der Waals surface area (Å²) in [5, 5.41) is 9.76. The van der Waals surface area contributed by atoms with Crippen LogP contribution in [0.5, 0.6) is 0 Å². The molecule has 7 heteroatoms. The summed E-state index contributed by atoms with van der Waals surface area (Å²) in [7, 11) is 0. The molecule has 30 heavy (non-hydrogen) atoms. The molecule has 2 aliphatic rings. The van der Waals surface area contributed by atoms with Gasteiger partial charge in [-0.25, -0.2) is 4.99 Å². The maximum Gasteiger partial charge on any atom is 0.242 e. The third-order valence-electron chi connectivity index (χ3n) is 6.11. The highest BCUT2D eigenvalue weighted by Crippen LogP contribution is 2.33. The lowest BCUT2D eigenvalue weighted by Gasteiger charge is -2.48. The highest BCUT2D eigenvalue weighted by Gasteiger charge is 2.38. The Morgan fingerprint density at radius 2 is 1.80 bits per heavy atom. The molecule has 1 aliphatic carbocycles. The first-order valence-corrected chi connectivity index (χ1v) is 11.4. The summed E-state index contributed by atoms with van der Waals surface area (Å²) in [4.78, 5) is 19.4. The highest BCUT2D eigenvalue weighted by atomic mass is 16.5. The van der Waals surface area contributed by atoms with Gasteiger partial charge in [-0.15, -0.1) is 0 Å². The van der Waals surface area contributed by atoms with Gasteiger partial charge >= 0.3 is 0 Å². The van der Waals surface area contributed by atoms with E-state index in [4.69, 9.17) is 4.74 Å². The Morgan fingerprint density at radius 1 is 1.07 bits per heavy atom. The van der Waals surface area contributed by atoms with Crippen molar-refractivity contribution in [3.05, 3.63) is 35.9 Å². The summed E-state index contributed by atoms with van der Waals surface area (Å²) in [6, 6.07) is 9.93. The Labute approximate surface area is 180 Å². The number of hydrogen-bond acceptors (Lipinski definition) is 4. The molecule has 0 spiro atoms. The van der Waals surface area contributed by atoms with Crippen LogP contribution < -0.4 is 16.0 Å². The van der Waals surface area contributed by atoms with E-state index in [0.717, 1.165) is 45.0 Å². The minimum absolute atomic E-state index is 0.0726. The molecule has 3 N–H and O–H groups in total. The van der Waals surface area contributed by atoms with Crippen LogP contribution in [0.15, 0.2) is 35.3 Å².